The highest BCUT2D eigenvalue weighted by Gasteiger charge is 2.10. The lowest BCUT2D eigenvalue weighted by atomic mass is 10.0. The predicted octanol–water partition coefficient (Wildman–Crippen LogP) is 5.38. The van der Waals surface area contributed by atoms with Gasteiger partial charge in [-0.3, -0.25) is 9.97 Å². The zero-order chi connectivity index (χ0) is 21.8. The number of methoxy groups -OCH3 is 1. The van der Waals surface area contributed by atoms with Crippen LogP contribution in [-0.2, 0) is 6.54 Å². The van der Waals surface area contributed by atoms with Gasteiger partial charge >= 0.3 is 0 Å². The van der Waals surface area contributed by atoms with Gasteiger partial charge in [0, 0.05) is 54.3 Å². The first-order chi connectivity index (χ1) is 15.1. The molecule has 0 atom stereocenters. The van der Waals surface area contributed by atoms with Gasteiger partial charge < -0.3 is 9.64 Å². The Hall–Kier alpha value is -3.67. The zero-order valence-corrected chi connectivity index (χ0v) is 18.3. The molecule has 0 saturated heterocycles. The first-order valence-corrected chi connectivity index (χ1v) is 10.1. The summed E-state index contributed by atoms with van der Waals surface area (Å²) in [5.41, 5.74) is 5.55. The van der Waals surface area contributed by atoms with E-state index in [-0.39, 0.29) is 0 Å². The maximum absolute atomic E-state index is 5.22. The largest absolute Gasteiger partial charge is 0.497 e. The predicted molar refractivity (Wildman–Crippen MR) is 127 cm³/mol. The van der Waals surface area contributed by atoms with Crippen LogP contribution in [0.4, 0.5) is 11.5 Å². The smallest absolute Gasteiger partial charge is 0.130 e. The second-order valence-electron chi connectivity index (χ2n) is 7.19. The van der Waals surface area contributed by atoms with Crippen molar-refractivity contribution in [1.29, 1.82) is 0 Å². The Morgan fingerprint density at radius 3 is 2.58 bits per heavy atom. The Labute approximate surface area is 186 Å². The SMILES string of the molecule is COc1ccc(CN(C)c2cc3ncc(-c4cc(N=C=S)cnc4C)cc3cn2)cc1. The first-order valence-electron chi connectivity index (χ1n) is 9.72. The van der Waals surface area contributed by atoms with E-state index in [4.69, 9.17) is 17.0 Å². The number of aryl methyl sites for hydroxylation is 1. The second kappa shape index (κ2) is 9.00. The molecule has 3 aromatic heterocycles. The van der Waals surface area contributed by atoms with Crippen LogP contribution in [0.25, 0.3) is 22.0 Å². The third kappa shape index (κ3) is 4.58. The molecule has 0 N–H and O–H groups in total. The van der Waals surface area contributed by atoms with Crippen molar-refractivity contribution in [3.8, 4) is 16.9 Å². The quantitative estimate of drug-likeness (QED) is 0.304. The number of rotatable bonds is 6. The van der Waals surface area contributed by atoms with Crippen LogP contribution in [0.3, 0.4) is 0 Å². The molecule has 0 spiro atoms. The van der Waals surface area contributed by atoms with Crippen LogP contribution in [0, 0.1) is 6.92 Å². The highest BCUT2D eigenvalue weighted by atomic mass is 32.1. The summed E-state index contributed by atoms with van der Waals surface area (Å²) >= 11 is 4.70. The van der Waals surface area contributed by atoms with Crippen LogP contribution in [0.15, 0.2) is 66.0 Å². The van der Waals surface area contributed by atoms with Gasteiger partial charge in [0.2, 0.25) is 0 Å². The van der Waals surface area contributed by atoms with Crippen molar-refractivity contribution in [2.45, 2.75) is 13.5 Å². The van der Waals surface area contributed by atoms with E-state index in [0.29, 0.717) is 5.69 Å². The van der Waals surface area contributed by atoms with Gasteiger partial charge in [0.15, 0.2) is 0 Å². The maximum atomic E-state index is 5.22. The van der Waals surface area contributed by atoms with Crippen molar-refractivity contribution in [2.24, 2.45) is 4.99 Å². The number of fused-ring (bicyclic) bond motifs is 1. The standard InChI is InChI=1S/C24H21N5OS/c1-16-22(9-20(13-25-16)28-15-31)18-8-19-12-27-24(10-23(19)26-11-18)29(2)14-17-4-6-21(30-3)7-5-17/h4-13H,14H2,1-3H3. The number of anilines is 1. The number of hydrogen-bond acceptors (Lipinski definition) is 7. The minimum Gasteiger partial charge on any atom is -0.497 e. The fourth-order valence-electron chi connectivity index (χ4n) is 3.38. The van der Waals surface area contributed by atoms with Gasteiger partial charge in [-0.05, 0) is 49.0 Å². The number of thiocarbonyl (C=S) groups is 1. The molecule has 0 unspecified atom stereocenters. The summed E-state index contributed by atoms with van der Waals surface area (Å²) in [4.78, 5) is 19.8. The lowest BCUT2D eigenvalue weighted by Gasteiger charge is -2.19. The summed E-state index contributed by atoms with van der Waals surface area (Å²) in [7, 11) is 3.69. The Bertz CT molecular complexity index is 1280. The van der Waals surface area contributed by atoms with E-state index >= 15 is 0 Å². The molecule has 0 amide bonds. The molecule has 31 heavy (non-hydrogen) atoms. The average Bonchev–Trinajstić information content (AvgIpc) is 2.80. The Morgan fingerprint density at radius 1 is 1.03 bits per heavy atom. The molecule has 0 radical (unpaired) electrons. The van der Waals surface area contributed by atoms with Gasteiger partial charge in [-0.1, -0.05) is 12.1 Å². The first kappa shape index (κ1) is 20.6. The minimum atomic E-state index is 0.671. The molecule has 0 aliphatic heterocycles. The number of hydrogen-bond donors (Lipinski definition) is 0. The van der Waals surface area contributed by atoms with Gasteiger partial charge in [0.25, 0.3) is 0 Å². The number of isothiocyanates is 1. The van der Waals surface area contributed by atoms with Crippen molar-refractivity contribution in [3.63, 3.8) is 0 Å². The number of pyridine rings is 3. The molecule has 0 aliphatic rings. The lowest BCUT2D eigenvalue weighted by molar-refractivity contribution is 0.414. The third-order valence-corrected chi connectivity index (χ3v) is 5.17. The summed E-state index contributed by atoms with van der Waals surface area (Å²) < 4.78 is 5.22. The number of nitrogens with zero attached hydrogens (tertiary/aromatic N) is 5. The van der Waals surface area contributed by atoms with E-state index in [0.717, 1.165) is 45.8 Å². The van der Waals surface area contributed by atoms with E-state index < -0.39 is 0 Å². The molecule has 3 heterocycles. The van der Waals surface area contributed by atoms with Crippen molar-refractivity contribution in [2.75, 3.05) is 19.1 Å². The van der Waals surface area contributed by atoms with E-state index in [2.05, 4.69) is 48.2 Å². The fraction of sp³-hybridized carbons (Fsp3) is 0.167. The van der Waals surface area contributed by atoms with Gasteiger partial charge in [0.1, 0.15) is 11.6 Å². The van der Waals surface area contributed by atoms with Gasteiger partial charge in [-0.15, -0.1) is 0 Å². The van der Waals surface area contributed by atoms with Crippen LogP contribution >= 0.6 is 12.2 Å². The van der Waals surface area contributed by atoms with E-state index in [9.17, 15) is 0 Å². The second-order valence-corrected chi connectivity index (χ2v) is 7.38. The summed E-state index contributed by atoms with van der Waals surface area (Å²) in [5.74, 6) is 1.71. The normalized spacial score (nSPS) is 10.5. The molecule has 0 saturated carbocycles. The fourth-order valence-corrected chi connectivity index (χ4v) is 3.49. The molecule has 4 aromatic rings. The van der Waals surface area contributed by atoms with Gasteiger partial charge in [-0.2, -0.15) is 4.99 Å². The van der Waals surface area contributed by atoms with Gasteiger partial charge in [-0.25, -0.2) is 4.98 Å². The summed E-state index contributed by atoms with van der Waals surface area (Å²) in [6, 6.07) is 14.0. The maximum Gasteiger partial charge on any atom is 0.130 e. The molecule has 154 valence electrons. The van der Waals surface area contributed by atoms with Crippen molar-refractivity contribution in [1.82, 2.24) is 15.0 Å². The minimum absolute atomic E-state index is 0.671. The molecule has 0 fully saturated rings. The Morgan fingerprint density at radius 2 is 1.84 bits per heavy atom. The molecular weight excluding hydrogens is 406 g/mol. The van der Waals surface area contributed by atoms with E-state index in [1.807, 2.05) is 50.6 Å². The van der Waals surface area contributed by atoms with Crippen molar-refractivity contribution in [3.05, 3.63) is 72.3 Å². The van der Waals surface area contributed by atoms with E-state index in [1.165, 1.54) is 5.56 Å². The van der Waals surface area contributed by atoms with Crippen molar-refractivity contribution < 1.29 is 4.74 Å². The average molecular weight is 428 g/mol. The Kier molecular flexibility index (Phi) is 5.98. The number of aromatic nitrogens is 3. The number of ether oxygens (including phenoxy) is 1. The molecular formula is C24H21N5OS. The number of aliphatic imine (C=N–C) groups is 1. The highest BCUT2D eigenvalue weighted by Crippen LogP contribution is 2.28. The van der Waals surface area contributed by atoms with Crippen LogP contribution in [0.1, 0.15) is 11.3 Å². The summed E-state index contributed by atoms with van der Waals surface area (Å²) in [5, 5.41) is 3.34. The van der Waals surface area contributed by atoms with Crippen LogP contribution in [0.2, 0.25) is 0 Å². The molecule has 1 aromatic carbocycles. The van der Waals surface area contributed by atoms with Crippen molar-refractivity contribution >= 4 is 39.8 Å². The monoisotopic (exact) mass is 427 g/mol. The number of benzene rings is 1. The van der Waals surface area contributed by atoms with Crippen LogP contribution < -0.4 is 9.64 Å². The highest BCUT2D eigenvalue weighted by molar-refractivity contribution is 7.78. The third-order valence-electron chi connectivity index (χ3n) is 5.08. The van der Waals surface area contributed by atoms with Gasteiger partial charge in [0.05, 0.1) is 29.7 Å². The Balaban J connectivity index is 1.61. The summed E-state index contributed by atoms with van der Waals surface area (Å²) in [6.07, 6.45) is 5.39. The summed E-state index contributed by atoms with van der Waals surface area (Å²) in [6.45, 7) is 2.69. The molecule has 7 heteroatoms. The van der Waals surface area contributed by atoms with E-state index in [1.54, 1.807) is 13.3 Å². The lowest BCUT2D eigenvalue weighted by Crippen LogP contribution is -2.17. The van der Waals surface area contributed by atoms with Crippen LogP contribution in [-0.4, -0.2) is 34.3 Å². The molecule has 4 rings (SSSR count). The molecule has 0 bridgehead atoms. The zero-order valence-electron chi connectivity index (χ0n) is 17.5. The van der Waals surface area contributed by atoms with Crippen LogP contribution in [0.5, 0.6) is 5.75 Å². The molecule has 6 nitrogen and oxygen atoms in total. The topological polar surface area (TPSA) is 63.5 Å². The molecule has 0 aliphatic carbocycles.